The Morgan fingerprint density at radius 1 is 1.17 bits per heavy atom. The molecule has 36 heavy (non-hydrogen) atoms. The van der Waals surface area contributed by atoms with Crippen LogP contribution in [0.15, 0.2) is 53.3 Å². The fourth-order valence-corrected chi connectivity index (χ4v) is 4.92. The fourth-order valence-electron chi connectivity index (χ4n) is 4.92. The minimum Gasteiger partial charge on any atom is -0.497 e. The molecular formula is C27H31N5O4. The first-order valence-electron chi connectivity index (χ1n) is 12.5. The van der Waals surface area contributed by atoms with Crippen LogP contribution in [-0.4, -0.2) is 58.6 Å². The molecule has 9 nitrogen and oxygen atoms in total. The van der Waals surface area contributed by atoms with Crippen molar-refractivity contribution < 1.29 is 18.8 Å². The summed E-state index contributed by atoms with van der Waals surface area (Å²) < 4.78 is 10.9. The van der Waals surface area contributed by atoms with E-state index < -0.39 is 5.41 Å². The van der Waals surface area contributed by atoms with Crippen molar-refractivity contribution in [1.29, 1.82) is 0 Å². The molecule has 1 saturated carbocycles. The molecule has 2 fully saturated rings. The van der Waals surface area contributed by atoms with Gasteiger partial charge in [0.2, 0.25) is 23.5 Å². The maximum atomic E-state index is 13.7. The molecule has 3 aromatic rings. The monoisotopic (exact) mass is 489 g/mol. The van der Waals surface area contributed by atoms with E-state index in [1.807, 2.05) is 41.3 Å². The number of nitrogens with one attached hydrogen (secondary N) is 1. The highest BCUT2D eigenvalue weighted by Gasteiger charge is 2.52. The van der Waals surface area contributed by atoms with E-state index in [0.29, 0.717) is 44.2 Å². The highest BCUT2D eigenvalue weighted by molar-refractivity contribution is 5.91. The Morgan fingerprint density at radius 3 is 2.72 bits per heavy atom. The summed E-state index contributed by atoms with van der Waals surface area (Å²) in [5, 5.41) is 7.12. The molecule has 0 spiro atoms. The van der Waals surface area contributed by atoms with Crippen molar-refractivity contribution in [2.75, 3.05) is 26.7 Å². The second-order valence-electron chi connectivity index (χ2n) is 9.53. The Balaban J connectivity index is 1.30. The molecule has 1 unspecified atom stereocenters. The van der Waals surface area contributed by atoms with Gasteiger partial charge in [-0.3, -0.25) is 14.6 Å². The van der Waals surface area contributed by atoms with E-state index in [9.17, 15) is 9.59 Å². The highest BCUT2D eigenvalue weighted by atomic mass is 16.5. The van der Waals surface area contributed by atoms with E-state index in [-0.39, 0.29) is 17.7 Å². The molecule has 1 saturated heterocycles. The third-order valence-electron chi connectivity index (χ3n) is 7.20. The van der Waals surface area contributed by atoms with Gasteiger partial charge < -0.3 is 19.5 Å². The van der Waals surface area contributed by atoms with Gasteiger partial charge in [0.05, 0.1) is 12.5 Å². The van der Waals surface area contributed by atoms with Crippen molar-refractivity contribution >= 4 is 11.8 Å². The largest absolute Gasteiger partial charge is 0.497 e. The molecule has 1 aromatic carbocycles. The number of rotatable bonds is 5. The predicted molar refractivity (Wildman–Crippen MR) is 132 cm³/mol. The molecule has 1 aliphatic heterocycles. The molecule has 1 N–H and O–H groups in total. The molecule has 1 atom stereocenters. The third kappa shape index (κ3) is 5.10. The molecule has 0 radical (unpaired) electrons. The van der Waals surface area contributed by atoms with Gasteiger partial charge in [0.1, 0.15) is 5.75 Å². The minimum absolute atomic E-state index is 0.00486. The van der Waals surface area contributed by atoms with Gasteiger partial charge in [-0.15, -0.1) is 0 Å². The maximum Gasteiger partial charge on any atom is 0.233 e. The lowest BCUT2D eigenvalue weighted by atomic mass is 9.93. The Morgan fingerprint density at radius 2 is 2.00 bits per heavy atom. The molecule has 5 rings (SSSR count). The Kier molecular flexibility index (Phi) is 6.97. The van der Waals surface area contributed by atoms with Crippen LogP contribution in [0.3, 0.4) is 0 Å². The van der Waals surface area contributed by atoms with Gasteiger partial charge in [-0.25, -0.2) is 0 Å². The van der Waals surface area contributed by atoms with Gasteiger partial charge in [-0.2, -0.15) is 4.98 Å². The van der Waals surface area contributed by atoms with Crippen LogP contribution in [0.4, 0.5) is 0 Å². The number of hydrogen-bond acceptors (Lipinski definition) is 7. The average Bonchev–Trinajstić information content (AvgIpc) is 3.59. The number of nitrogens with zero attached hydrogens (tertiary/aromatic N) is 4. The van der Waals surface area contributed by atoms with Gasteiger partial charge in [0, 0.05) is 49.9 Å². The molecular weight excluding hydrogens is 458 g/mol. The summed E-state index contributed by atoms with van der Waals surface area (Å²) >= 11 is 0. The zero-order valence-electron chi connectivity index (χ0n) is 20.5. The lowest BCUT2D eigenvalue weighted by molar-refractivity contribution is -0.134. The zero-order valence-corrected chi connectivity index (χ0v) is 20.5. The van der Waals surface area contributed by atoms with E-state index in [4.69, 9.17) is 9.26 Å². The first kappa shape index (κ1) is 24.0. The second kappa shape index (κ2) is 10.5. The van der Waals surface area contributed by atoms with Crippen LogP contribution in [0.5, 0.6) is 5.75 Å². The van der Waals surface area contributed by atoms with Crippen molar-refractivity contribution in [3.8, 4) is 17.1 Å². The Hall–Kier alpha value is -3.75. The molecule has 3 heterocycles. The fraction of sp³-hybridized carbons (Fsp3) is 0.444. The summed E-state index contributed by atoms with van der Waals surface area (Å²) in [6.45, 7) is 1.53. The number of amides is 2. The van der Waals surface area contributed by atoms with Gasteiger partial charge >= 0.3 is 0 Å². The normalized spacial score (nSPS) is 20.2. The molecule has 0 bridgehead atoms. The van der Waals surface area contributed by atoms with Crippen LogP contribution in [-0.2, 0) is 15.0 Å². The molecule has 2 amide bonds. The zero-order chi connectivity index (χ0) is 25.0. The lowest BCUT2D eigenvalue weighted by Gasteiger charge is -2.28. The number of carbonyl (C=O) groups excluding carboxylic acids is 2. The van der Waals surface area contributed by atoms with Crippen molar-refractivity contribution in [2.24, 2.45) is 0 Å². The third-order valence-corrected chi connectivity index (χ3v) is 7.20. The molecule has 188 valence electrons. The summed E-state index contributed by atoms with van der Waals surface area (Å²) in [5.41, 5.74) is 1.31. The molecule has 1 aliphatic carbocycles. The summed E-state index contributed by atoms with van der Waals surface area (Å²) in [4.78, 5) is 36.8. The van der Waals surface area contributed by atoms with Crippen LogP contribution >= 0.6 is 0 Å². The Bertz CT molecular complexity index is 1190. The molecule has 2 aromatic heterocycles. The van der Waals surface area contributed by atoms with E-state index in [1.54, 1.807) is 19.5 Å². The number of aromatic nitrogens is 3. The number of ether oxygens (including phenoxy) is 1. The summed E-state index contributed by atoms with van der Waals surface area (Å²) in [7, 11) is 1.63. The lowest BCUT2D eigenvalue weighted by Crippen LogP contribution is -2.41. The number of methoxy groups -OCH3 is 1. The van der Waals surface area contributed by atoms with Crippen LogP contribution < -0.4 is 10.1 Å². The quantitative estimate of drug-likeness (QED) is 0.584. The van der Waals surface area contributed by atoms with Gasteiger partial charge in [0.25, 0.3) is 0 Å². The number of hydrogen-bond donors (Lipinski definition) is 1. The summed E-state index contributed by atoms with van der Waals surface area (Å²) in [5.74, 6) is 1.88. The number of carbonyl (C=O) groups is 2. The minimum atomic E-state index is -0.493. The SMILES string of the molecule is COc1ccc(C2(C(=O)N3CCCC(c4nc(-c5cccnc5)no4)CCNC(=O)CC3)CC2)cc1. The first-order valence-corrected chi connectivity index (χ1v) is 12.5. The van der Waals surface area contributed by atoms with E-state index in [2.05, 4.69) is 20.4 Å². The van der Waals surface area contributed by atoms with Crippen LogP contribution in [0.2, 0.25) is 0 Å². The Labute approximate surface area is 210 Å². The molecule has 2 aliphatic rings. The van der Waals surface area contributed by atoms with Crippen molar-refractivity contribution in [1.82, 2.24) is 25.3 Å². The number of benzene rings is 1. The van der Waals surface area contributed by atoms with Crippen LogP contribution in [0.25, 0.3) is 11.4 Å². The predicted octanol–water partition coefficient (Wildman–Crippen LogP) is 3.47. The van der Waals surface area contributed by atoms with Crippen LogP contribution in [0, 0.1) is 0 Å². The van der Waals surface area contributed by atoms with Crippen molar-refractivity contribution in [3.05, 3.63) is 60.2 Å². The van der Waals surface area contributed by atoms with Gasteiger partial charge in [-0.1, -0.05) is 17.3 Å². The first-order chi connectivity index (χ1) is 17.6. The maximum absolute atomic E-state index is 13.7. The summed E-state index contributed by atoms with van der Waals surface area (Å²) in [6.07, 6.45) is 7.60. The van der Waals surface area contributed by atoms with E-state index in [1.165, 1.54) is 0 Å². The molecule has 9 heteroatoms. The second-order valence-corrected chi connectivity index (χ2v) is 9.53. The average molecular weight is 490 g/mol. The topological polar surface area (TPSA) is 110 Å². The van der Waals surface area contributed by atoms with Gasteiger partial charge in [0.15, 0.2) is 0 Å². The van der Waals surface area contributed by atoms with Gasteiger partial charge in [-0.05, 0) is 61.9 Å². The smallest absolute Gasteiger partial charge is 0.233 e. The van der Waals surface area contributed by atoms with Crippen molar-refractivity contribution in [2.45, 2.75) is 49.9 Å². The van der Waals surface area contributed by atoms with E-state index in [0.717, 1.165) is 42.6 Å². The highest BCUT2D eigenvalue weighted by Crippen LogP contribution is 2.50. The standard InChI is InChI=1S/C27H31N5O4/c1-35-22-8-6-21(7-9-22)27(12-13-27)26(34)32-16-3-5-19(10-15-29-23(33)11-17-32)25-30-24(31-36-25)20-4-2-14-28-18-20/h2,4,6-9,14,18-19H,3,5,10-13,15-17H2,1H3,(H,29,33). The number of pyridine rings is 1. The van der Waals surface area contributed by atoms with Crippen molar-refractivity contribution in [3.63, 3.8) is 0 Å². The van der Waals surface area contributed by atoms with Crippen LogP contribution in [0.1, 0.15) is 55.9 Å². The van der Waals surface area contributed by atoms with E-state index >= 15 is 0 Å². The summed E-state index contributed by atoms with van der Waals surface area (Å²) in [6, 6.07) is 11.5.